The number of ether oxygens (including phenoxy) is 2. The Labute approximate surface area is 296 Å². The quantitative estimate of drug-likeness (QED) is 0.157. The average Bonchev–Trinajstić information content (AvgIpc) is 3.54. The molecule has 3 heterocycles. The van der Waals surface area contributed by atoms with Crippen LogP contribution >= 0.6 is 0 Å². The van der Waals surface area contributed by atoms with E-state index in [1.54, 1.807) is 11.8 Å². The second-order valence-electron chi connectivity index (χ2n) is 13.2. The summed E-state index contributed by atoms with van der Waals surface area (Å²) in [6.07, 6.45) is 1.84. The maximum atomic E-state index is 6.40. The van der Waals surface area contributed by atoms with Gasteiger partial charge in [-0.2, -0.15) is 17.2 Å². The number of aromatic nitrogens is 4. The van der Waals surface area contributed by atoms with Crippen LogP contribution in [0.5, 0.6) is 17.4 Å². The summed E-state index contributed by atoms with van der Waals surface area (Å²) < 4.78 is 16.4. The molecule has 4 aromatic carbocycles. The summed E-state index contributed by atoms with van der Waals surface area (Å²) >= 11 is 0. The fourth-order valence-electron chi connectivity index (χ4n) is 7.03. The Hall–Kier alpha value is -4.67. The first-order valence-electron chi connectivity index (χ1n) is 15.9. The van der Waals surface area contributed by atoms with Crippen LogP contribution in [0.1, 0.15) is 48.7 Å². The first-order valence-corrected chi connectivity index (χ1v) is 15.9. The molecular weight excluding hydrogens is 776 g/mol. The summed E-state index contributed by atoms with van der Waals surface area (Å²) in [7, 11) is 1.69. The zero-order valence-corrected chi connectivity index (χ0v) is 30.8. The molecule has 0 amide bonds. The van der Waals surface area contributed by atoms with E-state index in [-0.39, 0.29) is 26.5 Å². The topological polar surface area (TPSA) is 54.1 Å². The fourth-order valence-corrected chi connectivity index (χ4v) is 7.03. The standard InChI is InChI=1S/C41H38N4O2.Pt/c1-25-18-19-42-37(20-25)44-35-15-10-9-14-33(35)34-17-16-32(24-36(34)44)47-31-13-11-12-30(23-31)45-40(46-8)38(28(4)43-45)29-21-26(2)39(27(3)22-29)41(5,6)7;/h9-22H,1-8H3;/q-2;+2. The van der Waals surface area contributed by atoms with Crippen molar-refractivity contribution >= 4 is 21.8 Å². The van der Waals surface area contributed by atoms with Crippen LogP contribution in [0.2, 0.25) is 0 Å². The van der Waals surface area contributed by atoms with Crippen molar-refractivity contribution in [2.75, 3.05) is 7.11 Å². The van der Waals surface area contributed by atoms with Crippen molar-refractivity contribution in [1.29, 1.82) is 0 Å². The third kappa shape index (κ3) is 5.83. The van der Waals surface area contributed by atoms with Crippen molar-refractivity contribution in [3.05, 3.63) is 125 Å². The van der Waals surface area contributed by atoms with Gasteiger partial charge in [-0.3, -0.25) is 0 Å². The Morgan fingerprint density at radius 2 is 1.50 bits per heavy atom. The van der Waals surface area contributed by atoms with Crippen LogP contribution in [0.25, 0.3) is 44.4 Å². The predicted molar refractivity (Wildman–Crippen MR) is 190 cm³/mol. The van der Waals surface area contributed by atoms with Gasteiger partial charge in [-0.1, -0.05) is 56.6 Å². The smallest absolute Gasteiger partial charge is 0.509 e. The molecule has 7 aromatic rings. The van der Waals surface area contributed by atoms with Crippen molar-refractivity contribution < 1.29 is 30.5 Å². The molecule has 0 fully saturated rings. The molecule has 6 nitrogen and oxygen atoms in total. The summed E-state index contributed by atoms with van der Waals surface area (Å²) in [5.41, 5.74) is 10.7. The van der Waals surface area contributed by atoms with Crippen molar-refractivity contribution in [1.82, 2.24) is 19.3 Å². The number of pyridine rings is 1. The van der Waals surface area contributed by atoms with Gasteiger partial charge in [0.1, 0.15) is 5.82 Å². The average molecular weight is 814 g/mol. The molecule has 0 saturated carbocycles. The molecule has 0 atom stereocenters. The molecule has 0 saturated heterocycles. The van der Waals surface area contributed by atoms with Gasteiger partial charge in [0.05, 0.1) is 18.4 Å². The fraction of sp³-hybridized carbons (Fsp3) is 0.220. The SMILES string of the molecule is COc1c(-c2cc(C)c(C(C)(C)C)c(C)c2)c(C)nn1-c1[c-]c(Oc2[c-]c3c(cc2)c2ccccc2n3-c2cc(C)ccn2)ccc1.[Pt+2]. The number of para-hydroxylation sites is 1. The van der Waals surface area contributed by atoms with Gasteiger partial charge in [0.15, 0.2) is 0 Å². The molecule has 0 aliphatic carbocycles. The number of aryl methyl sites for hydroxylation is 4. The minimum absolute atomic E-state index is 0. The van der Waals surface area contributed by atoms with E-state index in [1.165, 1.54) is 16.7 Å². The third-order valence-electron chi connectivity index (χ3n) is 8.67. The summed E-state index contributed by atoms with van der Waals surface area (Å²) in [5, 5.41) is 7.13. The minimum atomic E-state index is 0. The molecule has 0 aliphatic heterocycles. The van der Waals surface area contributed by atoms with E-state index in [0.717, 1.165) is 50.0 Å². The molecule has 0 aliphatic rings. The summed E-state index contributed by atoms with van der Waals surface area (Å²) in [6, 6.07) is 33.7. The van der Waals surface area contributed by atoms with E-state index >= 15 is 0 Å². The van der Waals surface area contributed by atoms with Crippen molar-refractivity contribution in [2.24, 2.45) is 0 Å². The van der Waals surface area contributed by atoms with Gasteiger partial charge in [-0.25, -0.2) is 9.67 Å². The summed E-state index contributed by atoms with van der Waals surface area (Å²) in [5.74, 6) is 2.62. The molecule has 48 heavy (non-hydrogen) atoms. The number of methoxy groups -OCH3 is 1. The second kappa shape index (κ2) is 12.7. The Morgan fingerprint density at radius 3 is 2.21 bits per heavy atom. The van der Waals surface area contributed by atoms with Crippen LogP contribution in [0.4, 0.5) is 0 Å². The van der Waals surface area contributed by atoms with Crippen molar-refractivity contribution in [3.63, 3.8) is 0 Å². The zero-order chi connectivity index (χ0) is 33.0. The molecule has 7 heteroatoms. The van der Waals surface area contributed by atoms with Gasteiger partial charge >= 0.3 is 21.1 Å². The first kappa shape index (κ1) is 33.2. The van der Waals surface area contributed by atoms with Gasteiger partial charge in [-0.15, -0.1) is 35.7 Å². The Morgan fingerprint density at radius 1 is 0.771 bits per heavy atom. The molecule has 0 radical (unpaired) electrons. The number of nitrogens with zero attached hydrogens (tertiary/aromatic N) is 4. The van der Waals surface area contributed by atoms with Crippen molar-refractivity contribution in [2.45, 2.75) is 53.9 Å². The van der Waals surface area contributed by atoms with E-state index in [0.29, 0.717) is 23.1 Å². The van der Waals surface area contributed by atoms with Crippen LogP contribution in [0.15, 0.2) is 85.1 Å². The van der Waals surface area contributed by atoms with E-state index in [1.807, 2.05) is 49.5 Å². The summed E-state index contributed by atoms with van der Waals surface area (Å²) in [4.78, 5) is 4.69. The number of hydrogen-bond donors (Lipinski definition) is 0. The molecule has 3 aromatic heterocycles. The predicted octanol–water partition coefficient (Wildman–Crippen LogP) is 9.96. The first-order chi connectivity index (χ1) is 22.5. The van der Waals surface area contributed by atoms with Gasteiger partial charge in [0.25, 0.3) is 0 Å². The van der Waals surface area contributed by atoms with E-state index in [4.69, 9.17) is 14.6 Å². The largest absolute Gasteiger partial charge is 2.00 e. The van der Waals surface area contributed by atoms with Gasteiger partial charge in [0.2, 0.25) is 5.88 Å². The summed E-state index contributed by atoms with van der Waals surface area (Å²) in [6.45, 7) is 15.2. The molecule has 0 unspecified atom stereocenters. The van der Waals surface area contributed by atoms with Crippen LogP contribution in [0.3, 0.4) is 0 Å². The maximum Gasteiger partial charge on any atom is 2.00 e. The van der Waals surface area contributed by atoms with E-state index in [2.05, 4.69) is 106 Å². The zero-order valence-electron chi connectivity index (χ0n) is 28.5. The van der Waals surface area contributed by atoms with Crippen molar-refractivity contribution in [3.8, 4) is 40.0 Å². The Kier molecular flexibility index (Phi) is 8.82. The molecule has 0 bridgehead atoms. The maximum absolute atomic E-state index is 6.40. The van der Waals surface area contributed by atoms with E-state index in [9.17, 15) is 0 Å². The van der Waals surface area contributed by atoms with Crippen LogP contribution in [-0.4, -0.2) is 26.4 Å². The Balaban J connectivity index is 0.00000401. The van der Waals surface area contributed by atoms with Crippen LogP contribution in [0, 0.1) is 39.8 Å². The number of fused-ring (bicyclic) bond motifs is 3. The minimum Gasteiger partial charge on any atom is -0.509 e. The monoisotopic (exact) mass is 813 g/mol. The number of rotatable bonds is 6. The van der Waals surface area contributed by atoms with Gasteiger partial charge in [-0.05, 0) is 90.2 Å². The number of benzene rings is 4. The number of hydrogen-bond acceptors (Lipinski definition) is 4. The van der Waals surface area contributed by atoms with E-state index < -0.39 is 0 Å². The molecule has 0 spiro atoms. The van der Waals surface area contributed by atoms with Crippen LogP contribution in [-0.2, 0) is 26.5 Å². The van der Waals surface area contributed by atoms with Gasteiger partial charge in [0, 0.05) is 23.2 Å². The third-order valence-corrected chi connectivity index (χ3v) is 8.67. The normalized spacial score (nSPS) is 11.6. The second-order valence-corrected chi connectivity index (χ2v) is 13.2. The molecule has 0 N–H and O–H groups in total. The molecule has 7 rings (SSSR count). The van der Waals surface area contributed by atoms with Crippen LogP contribution < -0.4 is 9.47 Å². The Bertz CT molecular complexity index is 2290. The molecular formula is C41H38N4O2Pt. The van der Waals surface area contributed by atoms with Gasteiger partial charge < -0.3 is 14.0 Å². The molecule has 244 valence electrons.